The zero-order valence-electron chi connectivity index (χ0n) is 13.3. The van der Waals surface area contributed by atoms with Crippen molar-refractivity contribution in [3.63, 3.8) is 0 Å². The van der Waals surface area contributed by atoms with Gasteiger partial charge in [-0.3, -0.25) is 4.79 Å². The Labute approximate surface area is 149 Å². The fraction of sp³-hybridized carbons (Fsp3) is 0.222. The molecule has 0 aliphatic rings. The predicted molar refractivity (Wildman–Crippen MR) is 100 cm³/mol. The van der Waals surface area contributed by atoms with Crippen LogP contribution in [0.2, 0.25) is 0 Å². The first kappa shape index (κ1) is 16.8. The summed E-state index contributed by atoms with van der Waals surface area (Å²) in [5.74, 6) is 1.18. The van der Waals surface area contributed by atoms with E-state index in [2.05, 4.69) is 10.3 Å². The molecule has 0 saturated heterocycles. The van der Waals surface area contributed by atoms with Gasteiger partial charge in [0.1, 0.15) is 12.4 Å². The van der Waals surface area contributed by atoms with Crippen LogP contribution in [0, 0.1) is 6.92 Å². The molecule has 24 heavy (non-hydrogen) atoms. The van der Waals surface area contributed by atoms with E-state index in [9.17, 15) is 4.79 Å². The molecule has 124 valence electrons. The number of thioether (sulfide) groups is 1. The Morgan fingerprint density at radius 2 is 2.00 bits per heavy atom. The molecule has 3 aromatic rings. The number of thiazole rings is 1. The third-order valence-corrected chi connectivity index (χ3v) is 5.49. The number of nitrogens with one attached hydrogen (secondary N) is 1. The van der Waals surface area contributed by atoms with E-state index in [4.69, 9.17) is 4.74 Å². The molecule has 4 nitrogen and oxygen atoms in total. The maximum absolute atomic E-state index is 11.9. The third-order valence-electron chi connectivity index (χ3n) is 3.31. The number of para-hydroxylation sites is 1. The molecule has 3 rings (SSSR count). The fourth-order valence-electron chi connectivity index (χ4n) is 2.08. The molecule has 6 heteroatoms. The molecule has 1 heterocycles. The number of hydrogen-bond donors (Lipinski definition) is 1. The Kier molecular flexibility index (Phi) is 5.72. The molecule has 0 unspecified atom stereocenters. The van der Waals surface area contributed by atoms with Crippen LogP contribution in [0.25, 0.3) is 10.2 Å². The lowest BCUT2D eigenvalue weighted by molar-refractivity contribution is -0.118. The van der Waals surface area contributed by atoms with Crippen LogP contribution < -0.4 is 10.1 Å². The van der Waals surface area contributed by atoms with E-state index < -0.39 is 0 Å². The summed E-state index contributed by atoms with van der Waals surface area (Å²) >= 11 is 3.08. The summed E-state index contributed by atoms with van der Waals surface area (Å²) < 4.78 is 7.65. The van der Waals surface area contributed by atoms with Crippen LogP contribution in [0.4, 0.5) is 0 Å². The first-order chi connectivity index (χ1) is 11.7. The van der Waals surface area contributed by atoms with Gasteiger partial charge in [-0.1, -0.05) is 41.6 Å². The number of aryl methyl sites for hydroxylation is 1. The van der Waals surface area contributed by atoms with Crippen molar-refractivity contribution >= 4 is 39.2 Å². The Morgan fingerprint density at radius 1 is 1.21 bits per heavy atom. The quantitative estimate of drug-likeness (QED) is 0.514. The third kappa shape index (κ3) is 4.72. The molecule has 1 aromatic heterocycles. The summed E-state index contributed by atoms with van der Waals surface area (Å²) in [6, 6.07) is 15.9. The van der Waals surface area contributed by atoms with Gasteiger partial charge in [0.25, 0.3) is 0 Å². The van der Waals surface area contributed by atoms with Crippen molar-refractivity contribution in [2.45, 2.75) is 11.3 Å². The molecule has 0 saturated carbocycles. The highest BCUT2D eigenvalue weighted by Gasteiger charge is 2.07. The summed E-state index contributed by atoms with van der Waals surface area (Å²) in [5.41, 5.74) is 2.18. The van der Waals surface area contributed by atoms with Gasteiger partial charge in [0.2, 0.25) is 5.91 Å². The second-order valence-electron chi connectivity index (χ2n) is 5.25. The molecule has 1 N–H and O–H groups in total. The highest BCUT2D eigenvalue weighted by molar-refractivity contribution is 8.01. The van der Waals surface area contributed by atoms with Gasteiger partial charge in [-0.25, -0.2) is 4.98 Å². The Morgan fingerprint density at radius 3 is 2.79 bits per heavy atom. The largest absolute Gasteiger partial charge is 0.492 e. The Bertz CT molecular complexity index is 782. The topological polar surface area (TPSA) is 51.2 Å². The number of hydrogen-bond acceptors (Lipinski definition) is 5. The van der Waals surface area contributed by atoms with Crippen molar-refractivity contribution in [3.8, 4) is 5.75 Å². The monoisotopic (exact) mass is 358 g/mol. The van der Waals surface area contributed by atoms with Gasteiger partial charge in [0.15, 0.2) is 4.34 Å². The van der Waals surface area contributed by atoms with E-state index >= 15 is 0 Å². The number of ether oxygens (including phenoxy) is 1. The molecule has 0 bridgehead atoms. The lowest BCUT2D eigenvalue weighted by Gasteiger charge is -2.07. The van der Waals surface area contributed by atoms with E-state index in [0.717, 1.165) is 20.3 Å². The fourth-order valence-corrected chi connectivity index (χ4v) is 3.98. The lowest BCUT2D eigenvalue weighted by atomic mass is 10.2. The van der Waals surface area contributed by atoms with Crippen molar-refractivity contribution in [2.75, 3.05) is 18.9 Å². The van der Waals surface area contributed by atoms with Crippen molar-refractivity contribution in [1.29, 1.82) is 0 Å². The minimum absolute atomic E-state index is 0.00763. The van der Waals surface area contributed by atoms with Gasteiger partial charge < -0.3 is 10.1 Å². The van der Waals surface area contributed by atoms with Crippen LogP contribution in [-0.2, 0) is 4.79 Å². The number of amides is 1. The molecule has 0 atom stereocenters. The molecule has 0 aliphatic heterocycles. The number of rotatable bonds is 7. The minimum Gasteiger partial charge on any atom is -0.492 e. The van der Waals surface area contributed by atoms with Crippen molar-refractivity contribution in [3.05, 3.63) is 54.1 Å². The molecule has 2 aromatic carbocycles. The zero-order valence-corrected chi connectivity index (χ0v) is 15.0. The molecule has 0 radical (unpaired) electrons. The normalized spacial score (nSPS) is 10.7. The smallest absolute Gasteiger partial charge is 0.230 e. The summed E-state index contributed by atoms with van der Waals surface area (Å²) in [7, 11) is 0. The summed E-state index contributed by atoms with van der Waals surface area (Å²) in [5, 5.41) is 2.86. The van der Waals surface area contributed by atoms with E-state index in [-0.39, 0.29) is 5.91 Å². The maximum Gasteiger partial charge on any atom is 0.230 e. The van der Waals surface area contributed by atoms with Gasteiger partial charge in [0, 0.05) is 0 Å². The average molecular weight is 358 g/mol. The SMILES string of the molecule is Cc1ccc(OCCNC(=O)CSc2nc3ccccc3s2)cc1. The maximum atomic E-state index is 11.9. The predicted octanol–water partition coefficient (Wildman–Crippen LogP) is 3.89. The van der Waals surface area contributed by atoms with Gasteiger partial charge in [0.05, 0.1) is 22.5 Å². The first-order valence-corrected chi connectivity index (χ1v) is 9.45. The van der Waals surface area contributed by atoms with Crippen LogP contribution in [0.3, 0.4) is 0 Å². The molecule has 0 fully saturated rings. The van der Waals surface area contributed by atoms with Crippen LogP contribution in [0.15, 0.2) is 52.9 Å². The van der Waals surface area contributed by atoms with Gasteiger partial charge in [-0.15, -0.1) is 11.3 Å². The van der Waals surface area contributed by atoms with Crippen LogP contribution in [0.1, 0.15) is 5.56 Å². The number of benzene rings is 2. The first-order valence-electron chi connectivity index (χ1n) is 7.65. The number of carbonyl (C=O) groups is 1. The molecule has 0 aliphatic carbocycles. The van der Waals surface area contributed by atoms with Crippen LogP contribution in [-0.4, -0.2) is 29.8 Å². The second-order valence-corrected chi connectivity index (χ2v) is 7.50. The average Bonchev–Trinajstić information content (AvgIpc) is 3.01. The van der Waals surface area contributed by atoms with Gasteiger partial charge in [-0.2, -0.15) is 0 Å². The molecular weight excluding hydrogens is 340 g/mol. The lowest BCUT2D eigenvalue weighted by Crippen LogP contribution is -2.29. The molecule has 0 spiro atoms. The number of nitrogens with zero attached hydrogens (tertiary/aromatic N) is 1. The summed E-state index contributed by atoms with van der Waals surface area (Å²) in [6.07, 6.45) is 0. The van der Waals surface area contributed by atoms with E-state index in [1.807, 2.05) is 55.5 Å². The Balaban J connectivity index is 1.37. The standard InChI is InChI=1S/C18H18N2O2S2/c1-13-6-8-14(9-7-13)22-11-10-19-17(21)12-23-18-20-15-4-2-3-5-16(15)24-18/h2-9H,10-12H2,1H3,(H,19,21). The minimum atomic E-state index is -0.00763. The van der Waals surface area contributed by atoms with E-state index in [0.29, 0.717) is 18.9 Å². The van der Waals surface area contributed by atoms with Gasteiger partial charge in [-0.05, 0) is 31.2 Å². The summed E-state index contributed by atoms with van der Waals surface area (Å²) in [6.45, 7) is 2.99. The van der Waals surface area contributed by atoms with Crippen LogP contribution >= 0.6 is 23.1 Å². The zero-order chi connectivity index (χ0) is 16.8. The van der Waals surface area contributed by atoms with E-state index in [1.54, 1.807) is 11.3 Å². The summed E-state index contributed by atoms with van der Waals surface area (Å²) in [4.78, 5) is 16.4. The van der Waals surface area contributed by atoms with Crippen LogP contribution in [0.5, 0.6) is 5.75 Å². The second kappa shape index (κ2) is 8.17. The van der Waals surface area contributed by atoms with E-state index in [1.165, 1.54) is 17.3 Å². The van der Waals surface area contributed by atoms with Gasteiger partial charge >= 0.3 is 0 Å². The number of aromatic nitrogens is 1. The molecular formula is C18H18N2O2S2. The number of fused-ring (bicyclic) bond motifs is 1. The van der Waals surface area contributed by atoms with Crippen molar-refractivity contribution in [2.24, 2.45) is 0 Å². The highest BCUT2D eigenvalue weighted by atomic mass is 32.2. The number of carbonyl (C=O) groups excluding carboxylic acids is 1. The highest BCUT2D eigenvalue weighted by Crippen LogP contribution is 2.28. The van der Waals surface area contributed by atoms with Crippen molar-refractivity contribution < 1.29 is 9.53 Å². The Hall–Kier alpha value is -2.05. The van der Waals surface area contributed by atoms with Crippen molar-refractivity contribution in [1.82, 2.24) is 10.3 Å². The molecule has 1 amide bonds.